The molecule has 1 saturated heterocycles. The third kappa shape index (κ3) is 2.52. The van der Waals surface area contributed by atoms with Crippen LogP contribution < -0.4 is 4.97 Å². The molecule has 0 unspecified atom stereocenters. The lowest BCUT2D eigenvalue weighted by atomic mass is 9.88. The minimum absolute atomic E-state index is 0.765. The summed E-state index contributed by atoms with van der Waals surface area (Å²) >= 11 is 0. The molecular formula is C16H17BNO. The van der Waals surface area contributed by atoms with Crippen LogP contribution in [0.5, 0.6) is 0 Å². The summed E-state index contributed by atoms with van der Waals surface area (Å²) in [6, 6.07) is 15.1. The Bertz CT molecular complexity index is 574. The van der Waals surface area contributed by atoms with Crippen LogP contribution in [0.3, 0.4) is 0 Å². The van der Waals surface area contributed by atoms with Crippen molar-refractivity contribution in [1.29, 1.82) is 0 Å². The quantitative estimate of drug-likeness (QED) is 0.752. The van der Waals surface area contributed by atoms with Gasteiger partial charge in [0, 0.05) is 5.56 Å². The van der Waals surface area contributed by atoms with Gasteiger partial charge in [-0.25, -0.2) is 0 Å². The summed E-state index contributed by atoms with van der Waals surface area (Å²) in [5.74, 6) is 0. The van der Waals surface area contributed by atoms with Crippen LogP contribution in [0.15, 0.2) is 42.5 Å². The van der Waals surface area contributed by atoms with Gasteiger partial charge in [0.2, 0.25) is 0 Å². The molecule has 3 rings (SSSR count). The molecule has 19 heavy (non-hydrogen) atoms. The first-order valence-electron chi connectivity index (χ1n) is 6.67. The molecule has 0 aromatic heterocycles. The molecule has 0 saturated carbocycles. The van der Waals surface area contributed by atoms with E-state index in [0.717, 1.165) is 18.6 Å². The molecular weight excluding hydrogens is 233 g/mol. The molecule has 0 amide bonds. The Kier molecular flexibility index (Phi) is 3.30. The van der Waals surface area contributed by atoms with E-state index in [1.807, 2.05) is 4.97 Å². The van der Waals surface area contributed by atoms with Crippen molar-refractivity contribution in [2.75, 3.05) is 11.6 Å². The Morgan fingerprint density at radius 2 is 1.74 bits per heavy atom. The normalized spacial score (nSPS) is 14.5. The summed E-state index contributed by atoms with van der Waals surface area (Å²) < 4.78 is 0. The van der Waals surface area contributed by atoms with E-state index in [4.69, 9.17) is 4.84 Å². The molecule has 0 atom stereocenters. The Morgan fingerprint density at radius 1 is 1.00 bits per heavy atom. The van der Waals surface area contributed by atoms with Gasteiger partial charge in [-0.1, -0.05) is 41.5 Å². The van der Waals surface area contributed by atoms with Crippen molar-refractivity contribution < 1.29 is 4.84 Å². The van der Waals surface area contributed by atoms with E-state index in [9.17, 15) is 0 Å². The maximum absolute atomic E-state index is 5.64. The fraction of sp³-hybridized carbons (Fsp3) is 0.250. The molecule has 3 heteroatoms. The summed E-state index contributed by atoms with van der Waals surface area (Å²) in [7, 11) is 2.10. The second-order valence-corrected chi connectivity index (χ2v) is 5.02. The van der Waals surface area contributed by atoms with Crippen molar-refractivity contribution in [2.24, 2.45) is 0 Å². The van der Waals surface area contributed by atoms with Crippen LogP contribution in [0.25, 0.3) is 11.1 Å². The van der Waals surface area contributed by atoms with Crippen molar-refractivity contribution in [3.8, 4) is 11.1 Å². The van der Waals surface area contributed by atoms with Gasteiger partial charge in [0.25, 0.3) is 7.41 Å². The van der Waals surface area contributed by atoms with Crippen LogP contribution in [0, 0.1) is 13.8 Å². The second kappa shape index (κ2) is 5.10. The third-order valence-electron chi connectivity index (χ3n) is 3.40. The fourth-order valence-electron chi connectivity index (χ4n) is 2.35. The first kappa shape index (κ1) is 12.3. The van der Waals surface area contributed by atoms with E-state index in [-0.39, 0.29) is 0 Å². The number of nitrogens with zero attached hydrogens (tertiary/aromatic N) is 1. The smallest absolute Gasteiger partial charge is 0.288 e. The van der Waals surface area contributed by atoms with Gasteiger partial charge in [-0.3, -0.25) is 4.84 Å². The molecule has 95 valence electrons. The van der Waals surface area contributed by atoms with Gasteiger partial charge in [-0.05, 0) is 37.9 Å². The molecule has 0 bridgehead atoms. The summed E-state index contributed by atoms with van der Waals surface area (Å²) in [5.41, 5.74) is 6.11. The Balaban J connectivity index is 2.07. The monoisotopic (exact) mass is 250 g/mol. The van der Waals surface area contributed by atoms with Gasteiger partial charge in [-0.15, -0.1) is 0 Å². The molecule has 1 radical (unpaired) electrons. The summed E-state index contributed by atoms with van der Waals surface area (Å²) in [5, 5.41) is 0. The summed E-state index contributed by atoms with van der Waals surface area (Å²) in [6.45, 7) is 5.00. The predicted octanol–water partition coefficient (Wildman–Crippen LogP) is 3.76. The van der Waals surface area contributed by atoms with E-state index in [0.29, 0.717) is 0 Å². The van der Waals surface area contributed by atoms with Crippen molar-refractivity contribution in [2.45, 2.75) is 20.2 Å². The van der Waals surface area contributed by atoms with E-state index >= 15 is 0 Å². The highest BCUT2D eigenvalue weighted by atomic mass is 16.7. The molecule has 0 spiro atoms. The number of rotatable bonds is 2. The zero-order chi connectivity index (χ0) is 13.2. The maximum Gasteiger partial charge on any atom is 0.288 e. The lowest BCUT2D eigenvalue weighted by Gasteiger charge is -2.21. The first-order valence-corrected chi connectivity index (χ1v) is 6.67. The highest BCUT2D eigenvalue weighted by Gasteiger charge is 2.19. The average Bonchev–Trinajstić information content (AvgIpc) is 2.93. The SMILES string of the molecule is Cc1ccc(-c2cc(C)ccc2N2[B]CCO2)cc1. The van der Waals surface area contributed by atoms with E-state index in [2.05, 4.69) is 63.7 Å². The molecule has 2 aromatic carbocycles. The molecule has 1 heterocycles. The fourth-order valence-corrected chi connectivity index (χ4v) is 2.35. The Labute approximate surface area is 115 Å². The number of anilines is 1. The van der Waals surface area contributed by atoms with Gasteiger partial charge in [0.15, 0.2) is 0 Å². The third-order valence-corrected chi connectivity index (χ3v) is 3.40. The Hall–Kier alpha value is -1.74. The summed E-state index contributed by atoms with van der Waals surface area (Å²) in [6.07, 6.45) is 0.973. The molecule has 2 aromatic rings. The van der Waals surface area contributed by atoms with Crippen LogP contribution in [0.2, 0.25) is 6.32 Å². The number of benzene rings is 2. The van der Waals surface area contributed by atoms with E-state index in [1.165, 1.54) is 22.3 Å². The van der Waals surface area contributed by atoms with Gasteiger partial charge < -0.3 is 4.97 Å². The number of aryl methyl sites for hydroxylation is 2. The van der Waals surface area contributed by atoms with Gasteiger partial charge >= 0.3 is 0 Å². The van der Waals surface area contributed by atoms with Crippen molar-refractivity contribution in [3.05, 3.63) is 53.6 Å². The standard InChI is InChI=1S/C16H17BNO/c1-12-3-6-14(7-4-12)15-11-13(2)5-8-16(15)18-17-9-10-19-18/h3-8,11H,9-10H2,1-2H3. The zero-order valence-corrected chi connectivity index (χ0v) is 11.4. The highest BCUT2D eigenvalue weighted by Crippen LogP contribution is 2.33. The van der Waals surface area contributed by atoms with Crippen LogP contribution >= 0.6 is 0 Å². The number of hydrogen-bond donors (Lipinski definition) is 0. The van der Waals surface area contributed by atoms with Crippen molar-refractivity contribution in [1.82, 2.24) is 0 Å². The van der Waals surface area contributed by atoms with E-state index < -0.39 is 0 Å². The van der Waals surface area contributed by atoms with Crippen LogP contribution in [-0.4, -0.2) is 14.0 Å². The van der Waals surface area contributed by atoms with Gasteiger partial charge in [0.05, 0.1) is 12.3 Å². The zero-order valence-electron chi connectivity index (χ0n) is 11.4. The molecule has 0 N–H and O–H groups in total. The molecule has 0 aliphatic carbocycles. The average molecular weight is 250 g/mol. The largest absolute Gasteiger partial charge is 0.306 e. The van der Waals surface area contributed by atoms with Gasteiger partial charge in [-0.2, -0.15) is 0 Å². The highest BCUT2D eigenvalue weighted by molar-refractivity contribution is 6.41. The minimum atomic E-state index is 0.765. The Morgan fingerprint density at radius 3 is 2.42 bits per heavy atom. The summed E-state index contributed by atoms with van der Waals surface area (Å²) in [4.78, 5) is 7.54. The molecule has 1 aliphatic heterocycles. The van der Waals surface area contributed by atoms with Crippen LogP contribution in [0.4, 0.5) is 5.69 Å². The first-order chi connectivity index (χ1) is 9.24. The molecule has 1 fully saturated rings. The lowest BCUT2D eigenvalue weighted by Crippen LogP contribution is -2.19. The molecule has 1 aliphatic rings. The van der Waals surface area contributed by atoms with E-state index in [1.54, 1.807) is 0 Å². The second-order valence-electron chi connectivity index (χ2n) is 5.02. The maximum atomic E-state index is 5.64. The van der Waals surface area contributed by atoms with Crippen molar-refractivity contribution >= 4 is 13.1 Å². The predicted molar refractivity (Wildman–Crippen MR) is 80.3 cm³/mol. The van der Waals surface area contributed by atoms with Crippen molar-refractivity contribution in [3.63, 3.8) is 0 Å². The van der Waals surface area contributed by atoms with Crippen LogP contribution in [0.1, 0.15) is 11.1 Å². The topological polar surface area (TPSA) is 12.5 Å². The lowest BCUT2D eigenvalue weighted by molar-refractivity contribution is 0.185. The molecule has 2 nitrogen and oxygen atoms in total. The number of hydrogen-bond acceptors (Lipinski definition) is 2. The minimum Gasteiger partial charge on any atom is -0.306 e. The van der Waals surface area contributed by atoms with Gasteiger partial charge in [0.1, 0.15) is 0 Å². The van der Waals surface area contributed by atoms with Crippen LogP contribution in [-0.2, 0) is 4.84 Å².